The van der Waals surface area contributed by atoms with Gasteiger partial charge in [-0.1, -0.05) is 35.4 Å². The molecule has 0 atom stereocenters. The van der Waals surface area contributed by atoms with E-state index in [4.69, 9.17) is 28.3 Å². The molecule has 1 rings (SSSR count). The summed E-state index contributed by atoms with van der Waals surface area (Å²) in [6.45, 7) is 0.0972. The maximum absolute atomic E-state index is 9.22. The number of hydrogen-bond donors (Lipinski definition) is 2. The molecule has 1 aromatic carbocycles. The van der Waals surface area contributed by atoms with Crippen LogP contribution in [0.25, 0.3) is 6.08 Å². The molecule has 0 heterocycles. The van der Waals surface area contributed by atoms with Gasteiger partial charge in [0.05, 0.1) is 10.0 Å². The molecule has 0 saturated carbocycles. The lowest BCUT2D eigenvalue weighted by molar-refractivity contribution is 0.303. The number of benzene rings is 1. The van der Waals surface area contributed by atoms with Crippen LogP contribution in [0.3, 0.4) is 0 Å². The molecule has 4 heteroatoms. The van der Waals surface area contributed by atoms with E-state index in [2.05, 4.69) is 0 Å². The summed E-state index contributed by atoms with van der Waals surface area (Å²) in [6.07, 6.45) is 4.10. The molecular formula is C10H10Cl2O2. The third-order valence-electron chi connectivity index (χ3n) is 1.66. The molecule has 2 N–H and O–H groups in total. The number of phenols is 1. The second-order valence-electron chi connectivity index (χ2n) is 2.74. The van der Waals surface area contributed by atoms with Gasteiger partial charge in [-0.25, -0.2) is 0 Å². The van der Waals surface area contributed by atoms with Crippen LogP contribution in [-0.4, -0.2) is 16.8 Å². The SMILES string of the molecule is OCCC=Cc1cc(Cl)c(O)cc1Cl. The molecule has 0 aliphatic heterocycles. The molecule has 2 nitrogen and oxygen atoms in total. The Hall–Kier alpha value is -0.700. The van der Waals surface area contributed by atoms with Crippen LogP contribution in [-0.2, 0) is 0 Å². The smallest absolute Gasteiger partial charge is 0.135 e. The minimum Gasteiger partial charge on any atom is -0.506 e. The Morgan fingerprint density at radius 3 is 2.57 bits per heavy atom. The Labute approximate surface area is 92.4 Å². The highest BCUT2D eigenvalue weighted by Crippen LogP contribution is 2.30. The van der Waals surface area contributed by atoms with Crippen LogP contribution in [0, 0.1) is 0 Å². The molecule has 0 fully saturated rings. The molecule has 0 bridgehead atoms. The molecule has 1 aromatic rings. The number of halogens is 2. The molecule has 0 unspecified atom stereocenters. The highest BCUT2D eigenvalue weighted by molar-refractivity contribution is 6.35. The number of rotatable bonds is 3. The van der Waals surface area contributed by atoms with Crippen molar-refractivity contribution in [3.05, 3.63) is 33.8 Å². The summed E-state index contributed by atoms with van der Waals surface area (Å²) in [6, 6.07) is 2.97. The number of aromatic hydroxyl groups is 1. The van der Waals surface area contributed by atoms with Crippen molar-refractivity contribution >= 4 is 29.3 Å². The van der Waals surface area contributed by atoms with E-state index in [1.165, 1.54) is 6.07 Å². The van der Waals surface area contributed by atoms with Crippen LogP contribution in [0.5, 0.6) is 5.75 Å². The minimum atomic E-state index is -0.0315. The van der Waals surface area contributed by atoms with Gasteiger partial charge in [0.15, 0.2) is 0 Å². The second-order valence-corrected chi connectivity index (χ2v) is 3.55. The fourth-order valence-corrected chi connectivity index (χ4v) is 1.36. The summed E-state index contributed by atoms with van der Waals surface area (Å²) in [4.78, 5) is 0. The van der Waals surface area contributed by atoms with Crippen LogP contribution in [0.15, 0.2) is 18.2 Å². The van der Waals surface area contributed by atoms with Gasteiger partial charge < -0.3 is 10.2 Å². The molecule has 14 heavy (non-hydrogen) atoms. The first-order valence-corrected chi connectivity index (χ1v) is 4.86. The number of hydrogen-bond acceptors (Lipinski definition) is 2. The number of aliphatic hydroxyl groups excluding tert-OH is 1. The van der Waals surface area contributed by atoms with Gasteiger partial charge in [0.25, 0.3) is 0 Å². The van der Waals surface area contributed by atoms with Crippen LogP contribution in [0.2, 0.25) is 10.0 Å². The third-order valence-corrected chi connectivity index (χ3v) is 2.29. The Balaban J connectivity index is 2.92. The summed E-state index contributed by atoms with van der Waals surface area (Å²) in [7, 11) is 0. The number of aliphatic hydroxyl groups is 1. The van der Waals surface area contributed by atoms with Crippen molar-refractivity contribution in [2.75, 3.05) is 6.61 Å². The highest BCUT2D eigenvalue weighted by Gasteiger charge is 2.03. The summed E-state index contributed by atoms with van der Waals surface area (Å²) < 4.78 is 0. The molecule has 0 saturated heterocycles. The molecule has 0 amide bonds. The third kappa shape index (κ3) is 2.91. The van der Waals surface area contributed by atoms with Gasteiger partial charge in [0, 0.05) is 12.7 Å². The monoisotopic (exact) mass is 232 g/mol. The van der Waals surface area contributed by atoms with Gasteiger partial charge >= 0.3 is 0 Å². The first kappa shape index (κ1) is 11.4. The van der Waals surface area contributed by atoms with Gasteiger partial charge in [-0.3, -0.25) is 0 Å². The number of phenolic OH excluding ortho intramolecular Hbond substituents is 1. The Bertz CT molecular complexity index is 348. The average Bonchev–Trinajstić information content (AvgIpc) is 2.14. The van der Waals surface area contributed by atoms with Crippen molar-refractivity contribution in [2.45, 2.75) is 6.42 Å². The van der Waals surface area contributed by atoms with Gasteiger partial charge in [-0.2, -0.15) is 0 Å². The molecule has 0 aliphatic carbocycles. The quantitative estimate of drug-likeness (QED) is 0.842. The van der Waals surface area contributed by atoms with Gasteiger partial charge in [-0.05, 0) is 18.1 Å². The highest BCUT2D eigenvalue weighted by atomic mass is 35.5. The van der Waals surface area contributed by atoms with Gasteiger partial charge in [0.1, 0.15) is 5.75 Å². The van der Waals surface area contributed by atoms with Crippen LogP contribution < -0.4 is 0 Å². The largest absolute Gasteiger partial charge is 0.506 e. The minimum absolute atomic E-state index is 0.0315. The zero-order chi connectivity index (χ0) is 10.6. The maximum Gasteiger partial charge on any atom is 0.135 e. The summed E-state index contributed by atoms with van der Waals surface area (Å²) >= 11 is 11.6. The molecule has 0 aliphatic rings. The van der Waals surface area contributed by atoms with E-state index < -0.39 is 0 Å². The molecule has 76 valence electrons. The first-order valence-electron chi connectivity index (χ1n) is 4.10. The lowest BCUT2D eigenvalue weighted by atomic mass is 10.2. The van der Waals surface area contributed by atoms with Gasteiger partial charge in [0.2, 0.25) is 0 Å². The lowest BCUT2D eigenvalue weighted by Gasteiger charge is -2.01. The molecule has 0 radical (unpaired) electrons. The van der Waals surface area contributed by atoms with Gasteiger partial charge in [-0.15, -0.1) is 0 Å². The summed E-state index contributed by atoms with van der Waals surface area (Å²) in [5, 5.41) is 18.5. The predicted octanol–water partition coefficient (Wildman–Crippen LogP) is 3.09. The Kier molecular flexibility index (Phi) is 4.26. The Morgan fingerprint density at radius 1 is 1.21 bits per heavy atom. The van der Waals surface area contributed by atoms with Crippen LogP contribution in [0.1, 0.15) is 12.0 Å². The zero-order valence-corrected chi connectivity index (χ0v) is 8.89. The van der Waals surface area contributed by atoms with E-state index in [9.17, 15) is 5.11 Å². The summed E-state index contributed by atoms with van der Waals surface area (Å²) in [5.41, 5.74) is 0.725. The van der Waals surface area contributed by atoms with Crippen molar-refractivity contribution in [1.29, 1.82) is 0 Å². The van der Waals surface area contributed by atoms with E-state index in [-0.39, 0.29) is 17.4 Å². The van der Waals surface area contributed by atoms with Crippen LogP contribution >= 0.6 is 23.2 Å². The van der Waals surface area contributed by atoms with E-state index in [0.717, 1.165) is 5.56 Å². The normalized spacial score (nSPS) is 11.1. The van der Waals surface area contributed by atoms with E-state index in [1.54, 1.807) is 18.2 Å². The first-order chi connectivity index (χ1) is 6.65. The van der Waals surface area contributed by atoms with Crippen molar-refractivity contribution in [1.82, 2.24) is 0 Å². The van der Waals surface area contributed by atoms with Crippen molar-refractivity contribution in [3.8, 4) is 5.75 Å². The standard InChI is InChI=1S/C10H10Cl2O2/c11-8-6-10(14)9(12)5-7(8)3-1-2-4-13/h1,3,5-6,13-14H,2,4H2. The van der Waals surface area contributed by atoms with Crippen LogP contribution in [0.4, 0.5) is 0 Å². The molecule has 0 spiro atoms. The molecule has 0 aromatic heterocycles. The maximum atomic E-state index is 9.22. The van der Waals surface area contributed by atoms with Crippen molar-refractivity contribution in [3.63, 3.8) is 0 Å². The molecular weight excluding hydrogens is 223 g/mol. The van der Waals surface area contributed by atoms with Crippen molar-refractivity contribution in [2.24, 2.45) is 0 Å². The average molecular weight is 233 g/mol. The van der Waals surface area contributed by atoms with E-state index in [0.29, 0.717) is 11.4 Å². The Morgan fingerprint density at radius 2 is 1.93 bits per heavy atom. The predicted molar refractivity (Wildman–Crippen MR) is 58.9 cm³/mol. The second kappa shape index (κ2) is 5.25. The topological polar surface area (TPSA) is 40.5 Å². The summed E-state index contributed by atoms with van der Waals surface area (Å²) in [5.74, 6) is -0.0315. The fourth-order valence-electron chi connectivity index (χ4n) is 0.964. The van der Waals surface area contributed by atoms with Crippen molar-refractivity contribution < 1.29 is 10.2 Å². The zero-order valence-electron chi connectivity index (χ0n) is 7.37. The lowest BCUT2D eigenvalue weighted by Crippen LogP contribution is -1.79. The van der Waals surface area contributed by atoms with E-state index >= 15 is 0 Å². The fraction of sp³-hybridized carbons (Fsp3) is 0.200. The van der Waals surface area contributed by atoms with E-state index in [1.807, 2.05) is 0 Å².